The first-order valence-electron chi connectivity index (χ1n) is 11.3. The molecule has 30 heavy (non-hydrogen) atoms. The molecule has 0 aliphatic carbocycles. The van der Waals surface area contributed by atoms with Crippen LogP contribution in [0.25, 0.3) is 0 Å². The van der Waals surface area contributed by atoms with Crippen LogP contribution in [0.15, 0.2) is 4.99 Å². The molecule has 0 bridgehead atoms. The Kier molecular flexibility index (Phi) is 11.1. The van der Waals surface area contributed by atoms with Gasteiger partial charge in [0.15, 0.2) is 11.8 Å². The van der Waals surface area contributed by atoms with Crippen molar-refractivity contribution in [2.24, 2.45) is 18.0 Å². The van der Waals surface area contributed by atoms with E-state index in [0.717, 1.165) is 83.0 Å². The molecular weight excluding hydrogens is 382 g/mol. The molecule has 0 aromatic carbocycles. The van der Waals surface area contributed by atoms with Crippen LogP contribution in [0.5, 0.6) is 0 Å². The average Bonchev–Trinajstić information content (AvgIpc) is 3.06. The zero-order valence-corrected chi connectivity index (χ0v) is 19.5. The van der Waals surface area contributed by atoms with Gasteiger partial charge in [0.2, 0.25) is 0 Å². The number of hydrogen-bond acceptors (Lipinski definition) is 6. The Labute approximate surface area is 181 Å². The topological polar surface area (TPSA) is 88.8 Å². The maximum absolute atomic E-state index is 5.86. The summed E-state index contributed by atoms with van der Waals surface area (Å²) in [5, 5.41) is 15.3. The Balaban J connectivity index is 1.84. The van der Waals surface area contributed by atoms with Gasteiger partial charge in [-0.1, -0.05) is 13.8 Å². The highest BCUT2D eigenvalue weighted by Gasteiger charge is 2.14. The molecule has 0 saturated carbocycles. The first-order valence-corrected chi connectivity index (χ1v) is 11.3. The lowest BCUT2D eigenvalue weighted by molar-refractivity contribution is 0.0258. The van der Waals surface area contributed by atoms with E-state index in [2.05, 4.69) is 46.5 Å². The van der Waals surface area contributed by atoms with E-state index in [1.165, 1.54) is 0 Å². The number of aliphatic imine (C=N–C) groups is 1. The minimum absolute atomic E-state index is 0.256. The van der Waals surface area contributed by atoms with Crippen LogP contribution < -0.4 is 10.6 Å². The molecule has 0 amide bonds. The van der Waals surface area contributed by atoms with Gasteiger partial charge in [-0.25, -0.2) is 4.99 Å². The van der Waals surface area contributed by atoms with E-state index in [0.29, 0.717) is 12.5 Å². The smallest absolute Gasteiger partial charge is 0.191 e. The van der Waals surface area contributed by atoms with E-state index in [4.69, 9.17) is 14.5 Å². The summed E-state index contributed by atoms with van der Waals surface area (Å²) in [5.41, 5.74) is 0. The predicted molar refractivity (Wildman–Crippen MR) is 120 cm³/mol. The van der Waals surface area contributed by atoms with Crippen LogP contribution in [0, 0.1) is 12.8 Å². The zero-order valence-electron chi connectivity index (χ0n) is 19.5. The highest BCUT2D eigenvalue weighted by Crippen LogP contribution is 2.10. The summed E-state index contributed by atoms with van der Waals surface area (Å²) in [5.74, 6) is 3.06. The largest absolute Gasteiger partial charge is 0.379 e. The SMILES string of the molecule is CCOC(CCNC(=NCc1nnc(C)n1C)NCCCN1CCOCC1)C(C)C. The van der Waals surface area contributed by atoms with Gasteiger partial charge < -0.3 is 24.7 Å². The van der Waals surface area contributed by atoms with E-state index in [9.17, 15) is 0 Å². The Morgan fingerprint density at radius 3 is 2.57 bits per heavy atom. The Bertz CT molecular complexity index is 627. The molecule has 0 spiro atoms. The third-order valence-corrected chi connectivity index (χ3v) is 5.45. The number of hydrogen-bond donors (Lipinski definition) is 2. The van der Waals surface area contributed by atoms with Crippen molar-refractivity contribution in [3.63, 3.8) is 0 Å². The van der Waals surface area contributed by atoms with Crippen LogP contribution >= 0.6 is 0 Å². The Hall–Kier alpha value is -1.71. The quantitative estimate of drug-likeness (QED) is 0.298. The van der Waals surface area contributed by atoms with E-state index in [-0.39, 0.29) is 6.10 Å². The maximum atomic E-state index is 5.86. The molecule has 1 atom stereocenters. The van der Waals surface area contributed by atoms with Gasteiger partial charge in [0.1, 0.15) is 12.4 Å². The molecule has 1 unspecified atom stereocenters. The molecule has 1 fully saturated rings. The molecule has 1 aromatic rings. The van der Waals surface area contributed by atoms with Crippen molar-refractivity contribution in [2.75, 3.05) is 52.5 Å². The minimum atomic E-state index is 0.256. The van der Waals surface area contributed by atoms with Crippen molar-refractivity contribution in [2.45, 2.75) is 53.2 Å². The van der Waals surface area contributed by atoms with Gasteiger partial charge in [0, 0.05) is 39.8 Å². The number of aryl methyl sites for hydroxylation is 1. The zero-order chi connectivity index (χ0) is 21.8. The van der Waals surface area contributed by atoms with Gasteiger partial charge in [0.05, 0.1) is 19.3 Å². The van der Waals surface area contributed by atoms with Crippen LogP contribution in [0.2, 0.25) is 0 Å². The number of ether oxygens (including phenoxy) is 2. The molecule has 2 heterocycles. The summed E-state index contributed by atoms with van der Waals surface area (Å²) in [4.78, 5) is 7.19. The third-order valence-electron chi connectivity index (χ3n) is 5.45. The van der Waals surface area contributed by atoms with Crippen LogP contribution in [0.4, 0.5) is 0 Å². The van der Waals surface area contributed by atoms with Crippen molar-refractivity contribution in [1.29, 1.82) is 0 Å². The number of aromatic nitrogens is 3. The minimum Gasteiger partial charge on any atom is -0.379 e. The summed E-state index contributed by atoms with van der Waals surface area (Å²) in [6.07, 6.45) is 2.27. The van der Waals surface area contributed by atoms with Crippen LogP contribution in [0.3, 0.4) is 0 Å². The summed E-state index contributed by atoms with van der Waals surface area (Å²) >= 11 is 0. The lowest BCUT2D eigenvalue weighted by Gasteiger charge is -2.26. The molecule has 2 rings (SSSR count). The van der Waals surface area contributed by atoms with Crippen molar-refractivity contribution in [3.05, 3.63) is 11.6 Å². The van der Waals surface area contributed by atoms with Gasteiger partial charge >= 0.3 is 0 Å². The molecular formula is C21H41N7O2. The summed E-state index contributed by atoms with van der Waals surface area (Å²) in [7, 11) is 1.97. The third kappa shape index (κ3) is 8.57. The molecule has 1 saturated heterocycles. The first-order chi connectivity index (χ1) is 14.5. The lowest BCUT2D eigenvalue weighted by Crippen LogP contribution is -2.41. The molecule has 9 heteroatoms. The van der Waals surface area contributed by atoms with E-state index in [1.54, 1.807) is 0 Å². The molecule has 2 N–H and O–H groups in total. The second-order valence-electron chi connectivity index (χ2n) is 8.07. The van der Waals surface area contributed by atoms with Crippen LogP contribution in [-0.4, -0.2) is 84.3 Å². The fourth-order valence-corrected chi connectivity index (χ4v) is 3.40. The van der Waals surface area contributed by atoms with Crippen molar-refractivity contribution in [3.8, 4) is 0 Å². The van der Waals surface area contributed by atoms with E-state index < -0.39 is 0 Å². The molecule has 172 valence electrons. The van der Waals surface area contributed by atoms with Crippen molar-refractivity contribution < 1.29 is 9.47 Å². The maximum Gasteiger partial charge on any atom is 0.191 e. The van der Waals surface area contributed by atoms with Crippen molar-refractivity contribution in [1.82, 2.24) is 30.3 Å². The number of guanidine groups is 1. The molecule has 1 aliphatic heterocycles. The number of nitrogens with one attached hydrogen (secondary N) is 2. The molecule has 1 aliphatic rings. The van der Waals surface area contributed by atoms with Crippen LogP contribution in [0.1, 0.15) is 45.3 Å². The second kappa shape index (κ2) is 13.6. The van der Waals surface area contributed by atoms with Gasteiger partial charge in [-0.05, 0) is 39.2 Å². The summed E-state index contributed by atoms with van der Waals surface area (Å²) in [6.45, 7) is 16.2. The van der Waals surface area contributed by atoms with Gasteiger partial charge in [-0.2, -0.15) is 0 Å². The lowest BCUT2D eigenvalue weighted by atomic mass is 10.0. The fourth-order valence-electron chi connectivity index (χ4n) is 3.40. The monoisotopic (exact) mass is 423 g/mol. The van der Waals surface area contributed by atoms with E-state index in [1.807, 2.05) is 18.5 Å². The molecule has 1 aromatic heterocycles. The van der Waals surface area contributed by atoms with Gasteiger partial charge in [0.25, 0.3) is 0 Å². The van der Waals surface area contributed by atoms with Crippen molar-refractivity contribution >= 4 is 5.96 Å². The summed E-state index contributed by atoms with van der Waals surface area (Å²) in [6, 6.07) is 0. The number of morpholine rings is 1. The number of nitrogens with zero attached hydrogens (tertiary/aromatic N) is 5. The first kappa shape index (κ1) is 24.6. The van der Waals surface area contributed by atoms with Gasteiger partial charge in [-0.3, -0.25) is 4.90 Å². The molecule has 0 radical (unpaired) electrons. The second-order valence-corrected chi connectivity index (χ2v) is 8.07. The number of rotatable bonds is 12. The standard InChI is InChI=1S/C21H41N7O2/c1-6-30-19(17(2)3)8-10-23-21(24-16-20-26-25-18(4)27(20)5)22-9-7-11-28-12-14-29-15-13-28/h17,19H,6-16H2,1-5H3,(H2,22,23,24). The predicted octanol–water partition coefficient (Wildman–Crippen LogP) is 1.33. The highest BCUT2D eigenvalue weighted by atomic mass is 16.5. The Morgan fingerprint density at radius 1 is 1.20 bits per heavy atom. The fraction of sp³-hybridized carbons (Fsp3) is 0.857. The highest BCUT2D eigenvalue weighted by molar-refractivity contribution is 5.79. The summed E-state index contributed by atoms with van der Waals surface area (Å²) < 4.78 is 13.3. The van der Waals surface area contributed by atoms with E-state index >= 15 is 0 Å². The normalized spacial score (nSPS) is 16.8. The molecule has 9 nitrogen and oxygen atoms in total. The average molecular weight is 424 g/mol. The van der Waals surface area contributed by atoms with Gasteiger partial charge in [-0.15, -0.1) is 10.2 Å². The Morgan fingerprint density at radius 2 is 1.93 bits per heavy atom. The van der Waals surface area contributed by atoms with Crippen LogP contribution in [-0.2, 0) is 23.1 Å².